The molecule has 0 aromatic carbocycles. The summed E-state index contributed by atoms with van der Waals surface area (Å²) < 4.78 is 0. The van der Waals surface area contributed by atoms with Crippen molar-refractivity contribution in [2.24, 2.45) is 56.7 Å². The Balaban J connectivity index is 1.55. The Morgan fingerprint density at radius 1 is 0.812 bits per heavy atom. The molecule has 0 amide bonds. The number of aliphatic hydroxyl groups is 2. The van der Waals surface area contributed by atoms with Crippen LogP contribution in [-0.4, -0.2) is 22.9 Å². The van der Waals surface area contributed by atoms with E-state index in [0.29, 0.717) is 40.6 Å². The molecule has 0 saturated heterocycles. The van der Waals surface area contributed by atoms with Crippen molar-refractivity contribution >= 4 is 0 Å². The first-order chi connectivity index (χ1) is 14.9. The molecule has 5 fully saturated rings. The van der Waals surface area contributed by atoms with Crippen molar-refractivity contribution in [3.63, 3.8) is 0 Å². The summed E-state index contributed by atoms with van der Waals surface area (Å²) in [5.41, 5.74) is 2.60. The molecule has 5 unspecified atom stereocenters. The number of rotatable bonds is 2. The lowest BCUT2D eigenvalue weighted by Gasteiger charge is -2.73. The second-order valence-electron chi connectivity index (χ2n) is 14.6. The van der Waals surface area contributed by atoms with Crippen LogP contribution < -0.4 is 0 Å². The van der Waals surface area contributed by atoms with Crippen molar-refractivity contribution in [1.29, 1.82) is 0 Å². The third kappa shape index (κ3) is 2.66. The molecule has 32 heavy (non-hydrogen) atoms. The first-order valence-corrected chi connectivity index (χ1v) is 13.8. The van der Waals surface area contributed by atoms with Gasteiger partial charge in [0, 0.05) is 6.61 Å². The maximum Gasteiger partial charge on any atom is 0.0594 e. The third-order valence-electron chi connectivity index (χ3n) is 13.5. The van der Waals surface area contributed by atoms with E-state index < -0.39 is 0 Å². The fraction of sp³-hybridized carbons (Fsp3) is 0.933. The lowest BCUT2D eigenvalue weighted by Crippen LogP contribution is -2.66. The van der Waals surface area contributed by atoms with Crippen LogP contribution in [0.2, 0.25) is 0 Å². The first-order valence-electron chi connectivity index (χ1n) is 13.8. The van der Waals surface area contributed by atoms with Crippen molar-refractivity contribution in [2.75, 3.05) is 6.61 Å². The summed E-state index contributed by atoms with van der Waals surface area (Å²) in [6, 6.07) is 0. The molecular formula is C30H50O2. The highest BCUT2D eigenvalue weighted by Crippen LogP contribution is 2.77. The van der Waals surface area contributed by atoms with Crippen molar-refractivity contribution in [3.05, 3.63) is 12.2 Å². The van der Waals surface area contributed by atoms with E-state index in [-0.39, 0.29) is 16.9 Å². The van der Waals surface area contributed by atoms with Crippen LogP contribution >= 0.6 is 0 Å². The molecular weight excluding hydrogens is 392 g/mol. The lowest BCUT2D eigenvalue weighted by molar-refractivity contribution is -0.249. The van der Waals surface area contributed by atoms with Crippen molar-refractivity contribution < 1.29 is 10.2 Å². The minimum absolute atomic E-state index is 0.0290. The first kappa shape index (κ1) is 23.4. The van der Waals surface area contributed by atoms with Crippen LogP contribution in [0.3, 0.4) is 0 Å². The number of aliphatic hydroxyl groups excluding tert-OH is 2. The van der Waals surface area contributed by atoms with E-state index in [4.69, 9.17) is 0 Å². The average molecular weight is 443 g/mol. The number of hydrogen-bond donors (Lipinski definition) is 2. The van der Waals surface area contributed by atoms with Gasteiger partial charge in [-0.25, -0.2) is 0 Å². The highest BCUT2D eigenvalue weighted by molar-refractivity contribution is 5.21. The van der Waals surface area contributed by atoms with Gasteiger partial charge in [-0.15, -0.1) is 0 Å². The van der Waals surface area contributed by atoms with Crippen molar-refractivity contribution in [1.82, 2.24) is 0 Å². The zero-order valence-corrected chi connectivity index (χ0v) is 21.8. The van der Waals surface area contributed by atoms with Crippen molar-refractivity contribution in [3.8, 4) is 0 Å². The second-order valence-corrected chi connectivity index (χ2v) is 14.6. The summed E-state index contributed by atoms with van der Waals surface area (Å²) in [5, 5.41) is 21.5. The van der Waals surface area contributed by atoms with Crippen LogP contribution in [0, 0.1) is 56.7 Å². The Bertz CT molecular complexity index is 786. The van der Waals surface area contributed by atoms with E-state index in [2.05, 4.69) is 48.1 Å². The molecule has 0 aromatic heterocycles. The van der Waals surface area contributed by atoms with Gasteiger partial charge in [0.25, 0.3) is 0 Å². The Labute approximate surface area is 197 Å². The molecule has 0 spiro atoms. The third-order valence-corrected chi connectivity index (χ3v) is 13.5. The predicted molar refractivity (Wildman–Crippen MR) is 132 cm³/mol. The standard InChI is InChI=1S/C30H50O2/c1-19(2)20-10-15-30(18-31)17-16-28(6)21(25(20)30)8-9-23-27(5)13-12-24(32)26(3,4)22(27)11-14-29(23,28)7/h20-25,31-32H,1,8-18H2,2-7H3/t20-,21+,22?,23?,24?,25?,27-,28+,29?,30+/m0/s1. The quantitative estimate of drug-likeness (QED) is 0.452. The predicted octanol–water partition coefficient (Wildman–Crippen LogP) is 7.00. The van der Waals surface area contributed by atoms with Gasteiger partial charge in [0.05, 0.1) is 6.10 Å². The van der Waals surface area contributed by atoms with Crippen LogP contribution in [0.25, 0.3) is 0 Å². The lowest BCUT2D eigenvalue weighted by atomic mass is 9.32. The van der Waals surface area contributed by atoms with Crippen LogP contribution in [0.1, 0.15) is 106 Å². The Kier molecular flexibility index (Phi) is 5.19. The van der Waals surface area contributed by atoms with Gasteiger partial charge in [0.15, 0.2) is 0 Å². The molecule has 2 N–H and O–H groups in total. The monoisotopic (exact) mass is 442 g/mol. The van der Waals surface area contributed by atoms with Gasteiger partial charge in [-0.2, -0.15) is 0 Å². The van der Waals surface area contributed by atoms with E-state index in [1.165, 1.54) is 63.4 Å². The summed E-state index contributed by atoms with van der Waals surface area (Å²) in [7, 11) is 0. The van der Waals surface area contributed by atoms with Crippen molar-refractivity contribution in [2.45, 2.75) is 112 Å². The van der Waals surface area contributed by atoms with Crippen LogP contribution in [0.4, 0.5) is 0 Å². The van der Waals surface area contributed by atoms with E-state index in [1.807, 2.05) is 0 Å². The van der Waals surface area contributed by atoms with Gasteiger partial charge in [0.1, 0.15) is 0 Å². The molecule has 5 saturated carbocycles. The van der Waals surface area contributed by atoms with Gasteiger partial charge in [-0.3, -0.25) is 0 Å². The molecule has 2 nitrogen and oxygen atoms in total. The van der Waals surface area contributed by atoms with Gasteiger partial charge in [-0.05, 0) is 128 Å². The van der Waals surface area contributed by atoms with Gasteiger partial charge in [-0.1, -0.05) is 46.8 Å². The Hall–Kier alpha value is -0.340. The Morgan fingerprint density at radius 2 is 1.53 bits per heavy atom. The molecule has 5 aliphatic carbocycles. The molecule has 0 aliphatic heterocycles. The molecule has 0 heterocycles. The van der Waals surface area contributed by atoms with Gasteiger partial charge in [0.2, 0.25) is 0 Å². The summed E-state index contributed by atoms with van der Waals surface area (Å²) in [5.74, 6) is 3.33. The fourth-order valence-electron chi connectivity index (χ4n) is 11.5. The van der Waals surface area contributed by atoms with Crippen LogP contribution in [-0.2, 0) is 0 Å². The topological polar surface area (TPSA) is 40.5 Å². The molecule has 182 valence electrons. The fourth-order valence-corrected chi connectivity index (χ4v) is 11.5. The minimum Gasteiger partial charge on any atom is -0.396 e. The average Bonchev–Trinajstić information content (AvgIpc) is 3.12. The molecule has 10 atom stereocenters. The highest BCUT2D eigenvalue weighted by Gasteiger charge is 2.70. The van der Waals surface area contributed by atoms with Crippen LogP contribution in [0.5, 0.6) is 0 Å². The zero-order chi connectivity index (χ0) is 23.3. The molecule has 0 radical (unpaired) electrons. The zero-order valence-electron chi connectivity index (χ0n) is 21.8. The number of allylic oxidation sites excluding steroid dienone is 1. The maximum atomic E-state index is 10.9. The van der Waals surface area contributed by atoms with Crippen LogP contribution in [0.15, 0.2) is 12.2 Å². The molecule has 0 bridgehead atoms. The van der Waals surface area contributed by atoms with E-state index >= 15 is 0 Å². The number of hydrogen-bond acceptors (Lipinski definition) is 2. The summed E-state index contributed by atoms with van der Waals surface area (Å²) in [4.78, 5) is 0. The molecule has 2 heteroatoms. The molecule has 5 rings (SSSR count). The normalized spacial score (nSPS) is 56.5. The summed E-state index contributed by atoms with van der Waals surface area (Å²) in [6.07, 6.45) is 12.2. The molecule has 5 aliphatic rings. The van der Waals surface area contributed by atoms with Gasteiger partial charge >= 0.3 is 0 Å². The highest BCUT2D eigenvalue weighted by atomic mass is 16.3. The minimum atomic E-state index is -0.147. The van der Waals surface area contributed by atoms with E-state index in [0.717, 1.165) is 18.3 Å². The summed E-state index contributed by atoms with van der Waals surface area (Å²) >= 11 is 0. The Morgan fingerprint density at radius 3 is 2.19 bits per heavy atom. The maximum absolute atomic E-state index is 10.9. The van der Waals surface area contributed by atoms with E-state index in [9.17, 15) is 10.2 Å². The summed E-state index contributed by atoms with van der Waals surface area (Å²) in [6.45, 7) is 19.7. The second kappa shape index (κ2) is 7.09. The molecule has 0 aromatic rings. The largest absolute Gasteiger partial charge is 0.396 e. The SMILES string of the molecule is C=C(C)[C@@H]1CC[C@]2(CO)CC[C@]3(C)[C@H](CCC4C3(C)CCC3C(C)(C)C(O)CC[C@@]34C)C12. The van der Waals surface area contributed by atoms with E-state index in [1.54, 1.807) is 0 Å². The van der Waals surface area contributed by atoms with Gasteiger partial charge < -0.3 is 10.2 Å². The smallest absolute Gasteiger partial charge is 0.0594 e. The number of fused-ring (bicyclic) bond motifs is 7.